The number of amides is 1. The molecule has 1 N–H and O–H groups in total. The van der Waals surface area contributed by atoms with Crippen LogP contribution >= 0.6 is 0 Å². The standard InChI is InChI=1S/C17H28N2O/c1-10-3-4-18-15(10)17(20)19(2)16-13-6-11-5-12(8-13)9-14(16)7-11/h10-16,18H,3-9H2,1-2H3. The Kier molecular flexibility index (Phi) is 3.10. The average molecular weight is 276 g/mol. The molecule has 3 nitrogen and oxygen atoms in total. The van der Waals surface area contributed by atoms with Crippen LogP contribution in [0.2, 0.25) is 0 Å². The first kappa shape index (κ1) is 13.1. The quantitative estimate of drug-likeness (QED) is 0.839. The first-order chi connectivity index (χ1) is 9.63. The van der Waals surface area contributed by atoms with E-state index >= 15 is 0 Å². The largest absolute Gasteiger partial charge is 0.341 e. The molecule has 1 amide bonds. The third kappa shape index (κ3) is 1.93. The number of hydrogen-bond acceptors (Lipinski definition) is 2. The van der Waals surface area contributed by atoms with Gasteiger partial charge in [0, 0.05) is 13.1 Å². The van der Waals surface area contributed by atoms with Crippen LogP contribution < -0.4 is 5.32 Å². The molecule has 0 spiro atoms. The lowest BCUT2D eigenvalue weighted by molar-refractivity contribution is -0.143. The van der Waals surface area contributed by atoms with Crippen LogP contribution in [0.5, 0.6) is 0 Å². The van der Waals surface area contributed by atoms with E-state index in [-0.39, 0.29) is 6.04 Å². The van der Waals surface area contributed by atoms with E-state index in [1.165, 1.54) is 32.1 Å². The van der Waals surface area contributed by atoms with Gasteiger partial charge >= 0.3 is 0 Å². The van der Waals surface area contributed by atoms with Gasteiger partial charge in [-0.05, 0) is 74.7 Å². The third-order valence-electron chi connectivity index (χ3n) is 6.77. The summed E-state index contributed by atoms with van der Waals surface area (Å²) in [4.78, 5) is 15.0. The number of carbonyl (C=O) groups is 1. The SMILES string of the molecule is CC1CCNC1C(=O)N(C)C1C2CC3CC(C2)CC1C3. The van der Waals surface area contributed by atoms with Gasteiger partial charge in [-0.15, -0.1) is 0 Å². The van der Waals surface area contributed by atoms with Crippen LogP contribution in [0.15, 0.2) is 0 Å². The number of nitrogens with zero attached hydrogens (tertiary/aromatic N) is 1. The summed E-state index contributed by atoms with van der Waals surface area (Å²) >= 11 is 0. The topological polar surface area (TPSA) is 32.3 Å². The summed E-state index contributed by atoms with van der Waals surface area (Å²) in [7, 11) is 2.09. The van der Waals surface area contributed by atoms with Crippen molar-refractivity contribution in [2.24, 2.45) is 29.6 Å². The van der Waals surface area contributed by atoms with Crippen LogP contribution in [0, 0.1) is 29.6 Å². The van der Waals surface area contributed by atoms with E-state index in [1.54, 1.807) is 0 Å². The van der Waals surface area contributed by atoms with Gasteiger partial charge in [0.2, 0.25) is 5.91 Å². The Morgan fingerprint density at radius 1 is 1.05 bits per heavy atom. The highest BCUT2D eigenvalue weighted by Gasteiger charge is 2.51. The van der Waals surface area contributed by atoms with Crippen LogP contribution in [0.3, 0.4) is 0 Å². The molecule has 0 radical (unpaired) electrons. The molecule has 4 aliphatic carbocycles. The highest BCUT2D eigenvalue weighted by Crippen LogP contribution is 2.55. The molecule has 0 aromatic heterocycles. The summed E-state index contributed by atoms with van der Waals surface area (Å²) in [6.45, 7) is 3.22. The number of carbonyl (C=O) groups excluding carboxylic acids is 1. The maximum absolute atomic E-state index is 12.8. The predicted molar refractivity (Wildman–Crippen MR) is 79.2 cm³/mol. The van der Waals surface area contributed by atoms with Crippen molar-refractivity contribution in [1.82, 2.24) is 10.2 Å². The lowest BCUT2D eigenvalue weighted by atomic mass is 9.54. The molecule has 20 heavy (non-hydrogen) atoms. The fourth-order valence-corrected chi connectivity index (χ4v) is 6.06. The van der Waals surface area contributed by atoms with Crippen molar-refractivity contribution in [2.75, 3.05) is 13.6 Å². The fraction of sp³-hybridized carbons (Fsp3) is 0.941. The van der Waals surface area contributed by atoms with Crippen LogP contribution in [-0.2, 0) is 4.79 Å². The van der Waals surface area contributed by atoms with E-state index in [2.05, 4.69) is 24.2 Å². The minimum atomic E-state index is 0.0807. The summed E-state index contributed by atoms with van der Waals surface area (Å²) in [6, 6.07) is 0.627. The maximum atomic E-state index is 12.8. The van der Waals surface area contributed by atoms with Crippen LogP contribution in [0.25, 0.3) is 0 Å². The van der Waals surface area contributed by atoms with Gasteiger partial charge in [-0.2, -0.15) is 0 Å². The molecule has 4 saturated carbocycles. The van der Waals surface area contributed by atoms with Crippen molar-refractivity contribution in [3.63, 3.8) is 0 Å². The Morgan fingerprint density at radius 2 is 1.65 bits per heavy atom. The zero-order valence-electron chi connectivity index (χ0n) is 12.8. The average Bonchev–Trinajstić information content (AvgIpc) is 2.82. The molecule has 2 atom stereocenters. The minimum Gasteiger partial charge on any atom is -0.341 e. The van der Waals surface area contributed by atoms with Crippen LogP contribution in [0.4, 0.5) is 0 Å². The Bertz CT molecular complexity index is 380. The van der Waals surface area contributed by atoms with Gasteiger partial charge in [0.25, 0.3) is 0 Å². The molecule has 1 saturated heterocycles. The lowest BCUT2D eigenvalue weighted by Gasteiger charge is -2.56. The van der Waals surface area contributed by atoms with Gasteiger partial charge in [-0.25, -0.2) is 0 Å². The molecule has 5 fully saturated rings. The van der Waals surface area contributed by atoms with E-state index in [1.807, 2.05) is 0 Å². The van der Waals surface area contributed by atoms with E-state index in [0.717, 1.165) is 36.6 Å². The first-order valence-electron chi connectivity index (χ1n) is 8.63. The Balaban J connectivity index is 1.51. The third-order valence-corrected chi connectivity index (χ3v) is 6.77. The molecule has 5 aliphatic rings. The second-order valence-corrected chi connectivity index (χ2v) is 8.07. The smallest absolute Gasteiger partial charge is 0.239 e. The van der Waals surface area contributed by atoms with Crippen molar-refractivity contribution in [2.45, 2.75) is 57.5 Å². The molecule has 0 aromatic rings. The Labute approximate surface area is 122 Å². The zero-order chi connectivity index (χ0) is 13.9. The molecular weight excluding hydrogens is 248 g/mol. The first-order valence-corrected chi connectivity index (χ1v) is 8.63. The van der Waals surface area contributed by atoms with Gasteiger partial charge in [-0.1, -0.05) is 6.92 Å². The Hall–Kier alpha value is -0.570. The van der Waals surface area contributed by atoms with Crippen molar-refractivity contribution in [3.8, 4) is 0 Å². The maximum Gasteiger partial charge on any atom is 0.239 e. The van der Waals surface area contributed by atoms with Crippen molar-refractivity contribution >= 4 is 5.91 Å². The zero-order valence-corrected chi connectivity index (χ0v) is 12.8. The monoisotopic (exact) mass is 276 g/mol. The number of rotatable bonds is 2. The van der Waals surface area contributed by atoms with Crippen molar-refractivity contribution < 1.29 is 4.79 Å². The molecule has 3 heteroatoms. The molecule has 0 aromatic carbocycles. The van der Waals surface area contributed by atoms with Gasteiger partial charge in [0.1, 0.15) is 0 Å². The summed E-state index contributed by atoms with van der Waals surface area (Å²) in [6.07, 6.45) is 8.20. The molecule has 112 valence electrons. The summed E-state index contributed by atoms with van der Waals surface area (Å²) in [5, 5.41) is 3.42. The van der Waals surface area contributed by atoms with Gasteiger partial charge in [0.15, 0.2) is 0 Å². The van der Waals surface area contributed by atoms with Gasteiger partial charge in [0.05, 0.1) is 6.04 Å². The summed E-state index contributed by atoms with van der Waals surface area (Å²) < 4.78 is 0. The molecule has 4 bridgehead atoms. The molecule has 5 rings (SSSR count). The van der Waals surface area contributed by atoms with E-state index in [9.17, 15) is 4.79 Å². The van der Waals surface area contributed by atoms with E-state index in [0.29, 0.717) is 17.9 Å². The number of likely N-dealkylation sites (N-methyl/N-ethyl adjacent to an activating group) is 1. The summed E-state index contributed by atoms with van der Waals surface area (Å²) in [5.74, 6) is 4.45. The van der Waals surface area contributed by atoms with Crippen molar-refractivity contribution in [1.29, 1.82) is 0 Å². The van der Waals surface area contributed by atoms with Crippen LogP contribution in [-0.4, -0.2) is 36.5 Å². The second-order valence-electron chi connectivity index (χ2n) is 8.07. The number of hydrogen-bond donors (Lipinski definition) is 1. The van der Waals surface area contributed by atoms with Gasteiger partial charge in [-0.3, -0.25) is 4.79 Å². The number of nitrogens with one attached hydrogen (secondary N) is 1. The van der Waals surface area contributed by atoms with Gasteiger partial charge < -0.3 is 10.2 Å². The second kappa shape index (κ2) is 4.72. The molecule has 1 aliphatic heterocycles. The predicted octanol–water partition coefficient (Wildman–Crippen LogP) is 2.27. The minimum absolute atomic E-state index is 0.0807. The van der Waals surface area contributed by atoms with Crippen molar-refractivity contribution in [3.05, 3.63) is 0 Å². The normalized spacial score (nSPS) is 49.6. The van der Waals surface area contributed by atoms with Crippen LogP contribution in [0.1, 0.15) is 45.4 Å². The fourth-order valence-electron chi connectivity index (χ4n) is 6.06. The molecular formula is C17H28N2O. The Morgan fingerprint density at radius 3 is 2.15 bits per heavy atom. The molecule has 2 unspecified atom stereocenters. The summed E-state index contributed by atoms with van der Waals surface area (Å²) in [5.41, 5.74) is 0. The molecule has 1 heterocycles. The van der Waals surface area contributed by atoms with E-state index in [4.69, 9.17) is 0 Å². The highest BCUT2D eigenvalue weighted by molar-refractivity contribution is 5.82. The van der Waals surface area contributed by atoms with E-state index < -0.39 is 0 Å². The lowest BCUT2D eigenvalue weighted by Crippen LogP contribution is -2.59. The highest BCUT2D eigenvalue weighted by atomic mass is 16.2.